The summed E-state index contributed by atoms with van der Waals surface area (Å²) < 4.78 is 0. The second-order valence-electron chi connectivity index (χ2n) is 3.48. The van der Waals surface area contributed by atoms with Gasteiger partial charge in [0.25, 0.3) is 0 Å². The van der Waals surface area contributed by atoms with E-state index in [1.807, 2.05) is 6.92 Å². The second-order valence-corrected chi connectivity index (χ2v) is 3.75. The van der Waals surface area contributed by atoms with E-state index in [1.165, 1.54) is 0 Å². The second kappa shape index (κ2) is 3.94. The zero-order valence-corrected chi connectivity index (χ0v) is 8.57. The Hall–Kier alpha value is -0.500. The average molecular weight is 187 g/mol. The number of nitrogens with zero attached hydrogens (tertiary/aromatic N) is 1. The molecule has 2 nitrogen and oxygen atoms in total. The lowest BCUT2D eigenvalue weighted by atomic mass is 10.1. The van der Waals surface area contributed by atoms with Crippen molar-refractivity contribution in [3.05, 3.63) is 17.2 Å². The van der Waals surface area contributed by atoms with Crippen molar-refractivity contribution in [2.75, 3.05) is 0 Å². The molecule has 0 unspecified atom stereocenters. The topological polar surface area (TPSA) is 28.7 Å². The zero-order chi connectivity index (χ0) is 9.14. The predicted molar refractivity (Wildman–Crippen MR) is 51.4 cm³/mol. The molecule has 1 heterocycles. The molecule has 0 aromatic carbocycles. The maximum atomic E-state index is 5.76. The standard InChI is InChI=1S/C9H15ClN2/c1-6(2)4-8-9(5-10)12-7(3)11-8/h6H,4-5H2,1-3H3,(H,11,12). The number of alkyl halides is 1. The smallest absolute Gasteiger partial charge is 0.103 e. The minimum Gasteiger partial charge on any atom is -0.345 e. The summed E-state index contributed by atoms with van der Waals surface area (Å²) in [4.78, 5) is 7.54. The van der Waals surface area contributed by atoms with Crippen LogP contribution in [0, 0.1) is 12.8 Å². The van der Waals surface area contributed by atoms with Crippen LogP contribution < -0.4 is 0 Å². The molecule has 1 rings (SSSR count). The number of hydrogen-bond donors (Lipinski definition) is 1. The molecule has 0 radical (unpaired) electrons. The van der Waals surface area contributed by atoms with E-state index in [0.29, 0.717) is 11.8 Å². The number of imidazole rings is 1. The molecule has 0 aliphatic rings. The lowest BCUT2D eigenvalue weighted by Gasteiger charge is -2.01. The summed E-state index contributed by atoms with van der Waals surface area (Å²) >= 11 is 5.76. The first-order valence-corrected chi connectivity index (χ1v) is 4.77. The van der Waals surface area contributed by atoms with Gasteiger partial charge in [0, 0.05) is 0 Å². The average Bonchev–Trinajstić information content (AvgIpc) is 2.29. The van der Waals surface area contributed by atoms with Crippen molar-refractivity contribution in [3.8, 4) is 0 Å². The summed E-state index contributed by atoms with van der Waals surface area (Å²) in [5, 5.41) is 0. The van der Waals surface area contributed by atoms with Crippen molar-refractivity contribution in [1.29, 1.82) is 0 Å². The van der Waals surface area contributed by atoms with Crippen LogP contribution in [0.4, 0.5) is 0 Å². The van der Waals surface area contributed by atoms with E-state index in [1.54, 1.807) is 0 Å². The fourth-order valence-electron chi connectivity index (χ4n) is 1.25. The van der Waals surface area contributed by atoms with E-state index in [0.717, 1.165) is 23.6 Å². The molecule has 0 saturated carbocycles. The summed E-state index contributed by atoms with van der Waals surface area (Å²) in [7, 11) is 0. The Bertz CT molecular complexity index is 253. The third kappa shape index (κ3) is 2.24. The normalized spacial score (nSPS) is 11.1. The molecule has 0 bridgehead atoms. The quantitative estimate of drug-likeness (QED) is 0.723. The monoisotopic (exact) mass is 186 g/mol. The molecular weight excluding hydrogens is 172 g/mol. The fraction of sp³-hybridized carbons (Fsp3) is 0.667. The number of aryl methyl sites for hydroxylation is 1. The molecule has 0 spiro atoms. The van der Waals surface area contributed by atoms with Gasteiger partial charge in [0.2, 0.25) is 0 Å². The highest BCUT2D eigenvalue weighted by atomic mass is 35.5. The van der Waals surface area contributed by atoms with Crippen LogP contribution in [-0.2, 0) is 12.3 Å². The zero-order valence-electron chi connectivity index (χ0n) is 7.82. The highest BCUT2D eigenvalue weighted by molar-refractivity contribution is 6.16. The van der Waals surface area contributed by atoms with Crippen LogP contribution in [0.25, 0.3) is 0 Å². The van der Waals surface area contributed by atoms with Crippen molar-refractivity contribution in [1.82, 2.24) is 9.97 Å². The molecule has 0 aliphatic carbocycles. The number of nitrogens with one attached hydrogen (secondary N) is 1. The van der Waals surface area contributed by atoms with E-state index < -0.39 is 0 Å². The van der Waals surface area contributed by atoms with Crippen molar-refractivity contribution < 1.29 is 0 Å². The molecule has 3 heteroatoms. The molecule has 68 valence electrons. The van der Waals surface area contributed by atoms with Gasteiger partial charge in [-0.2, -0.15) is 0 Å². The van der Waals surface area contributed by atoms with Gasteiger partial charge in [-0.3, -0.25) is 0 Å². The third-order valence-corrected chi connectivity index (χ3v) is 1.99. The number of aromatic amines is 1. The fourth-order valence-corrected chi connectivity index (χ4v) is 1.48. The van der Waals surface area contributed by atoms with Gasteiger partial charge in [0.05, 0.1) is 17.3 Å². The highest BCUT2D eigenvalue weighted by Crippen LogP contribution is 2.13. The molecule has 1 aromatic heterocycles. The summed E-state index contributed by atoms with van der Waals surface area (Å²) in [6.45, 7) is 6.32. The molecule has 0 saturated heterocycles. The minimum atomic E-state index is 0.531. The van der Waals surface area contributed by atoms with Crippen molar-refractivity contribution in [3.63, 3.8) is 0 Å². The lowest BCUT2D eigenvalue weighted by Crippen LogP contribution is -1.97. The molecule has 1 N–H and O–H groups in total. The van der Waals surface area contributed by atoms with Crippen LogP contribution in [0.5, 0.6) is 0 Å². The maximum Gasteiger partial charge on any atom is 0.103 e. The van der Waals surface area contributed by atoms with Crippen LogP contribution >= 0.6 is 11.6 Å². The number of aromatic nitrogens is 2. The predicted octanol–water partition coefficient (Wildman–Crippen LogP) is 2.66. The van der Waals surface area contributed by atoms with E-state index in [-0.39, 0.29) is 0 Å². The van der Waals surface area contributed by atoms with Gasteiger partial charge >= 0.3 is 0 Å². The Balaban J connectivity index is 2.81. The molecule has 0 fully saturated rings. The van der Waals surface area contributed by atoms with E-state index >= 15 is 0 Å². The van der Waals surface area contributed by atoms with Gasteiger partial charge in [0.1, 0.15) is 5.82 Å². The Kier molecular flexibility index (Phi) is 3.15. The summed E-state index contributed by atoms with van der Waals surface area (Å²) in [5.74, 6) is 2.12. The Labute approximate surface area is 78.4 Å². The van der Waals surface area contributed by atoms with Crippen molar-refractivity contribution in [2.45, 2.75) is 33.1 Å². The van der Waals surface area contributed by atoms with Crippen LogP contribution in [0.2, 0.25) is 0 Å². The Morgan fingerprint density at radius 3 is 2.67 bits per heavy atom. The summed E-state index contributed by atoms with van der Waals surface area (Å²) in [5.41, 5.74) is 2.19. The first kappa shape index (κ1) is 9.59. The van der Waals surface area contributed by atoms with Gasteiger partial charge in [-0.25, -0.2) is 4.98 Å². The minimum absolute atomic E-state index is 0.531. The van der Waals surface area contributed by atoms with E-state index in [9.17, 15) is 0 Å². The van der Waals surface area contributed by atoms with E-state index in [2.05, 4.69) is 23.8 Å². The molecule has 0 aliphatic heterocycles. The number of halogens is 1. The number of H-pyrrole nitrogens is 1. The van der Waals surface area contributed by atoms with Gasteiger partial charge in [-0.1, -0.05) is 13.8 Å². The molecule has 0 amide bonds. The van der Waals surface area contributed by atoms with Crippen molar-refractivity contribution >= 4 is 11.6 Å². The summed E-state index contributed by atoms with van der Waals surface area (Å²) in [6, 6.07) is 0. The third-order valence-electron chi connectivity index (χ3n) is 1.72. The van der Waals surface area contributed by atoms with Gasteiger partial charge in [0.15, 0.2) is 0 Å². The SMILES string of the molecule is Cc1nc(CC(C)C)c(CCl)[nH]1. The molecule has 1 aromatic rings. The van der Waals surface area contributed by atoms with Crippen LogP contribution in [0.3, 0.4) is 0 Å². The van der Waals surface area contributed by atoms with Gasteiger partial charge in [-0.05, 0) is 19.3 Å². The number of hydrogen-bond acceptors (Lipinski definition) is 1. The van der Waals surface area contributed by atoms with Crippen LogP contribution in [-0.4, -0.2) is 9.97 Å². The van der Waals surface area contributed by atoms with Crippen LogP contribution in [0.15, 0.2) is 0 Å². The Morgan fingerprint density at radius 1 is 1.50 bits per heavy atom. The molecule has 0 atom stereocenters. The Morgan fingerprint density at radius 2 is 2.17 bits per heavy atom. The lowest BCUT2D eigenvalue weighted by molar-refractivity contribution is 0.634. The largest absolute Gasteiger partial charge is 0.345 e. The molecular formula is C9H15ClN2. The molecule has 12 heavy (non-hydrogen) atoms. The number of rotatable bonds is 3. The van der Waals surface area contributed by atoms with Crippen molar-refractivity contribution in [2.24, 2.45) is 5.92 Å². The van der Waals surface area contributed by atoms with E-state index in [4.69, 9.17) is 11.6 Å². The first-order chi connectivity index (χ1) is 5.63. The highest BCUT2D eigenvalue weighted by Gasteiger charge is 2.08. The van der Waals surface area contributed by atoms with Gasteiger partial charge in [-0.15, -0.1) is 11.6 Å². The maximum absolute atomic E-state index is 5.76. The van der Waals surface area contributed by atoms with Crippen LogP contribution in [0.1, 0.15) is 31.1 Å². The summed E-state index contributed by atoms with van der Waals surface area (Å²) in [6.07, 6.45) is 1.01. The van der Waals surface area contributed by atoms with Gasteiger partial charge < -0.3 is 4.98 Å². The first-order valence-electron chi connectivity index (χ1n) is 4.23.